The number of carbonyl (C=O) groups excluding carboxylic acids is 1. The van der Waals surface area contributed by atoms with Gasteiger partial charge in [0.15, 0.2) is 0 Å². The van der Waals surface area contributed by atoms with Crippen LogP contribution in [0.1, 0.15) is 38.9 Å². The van der Waals surface area contributed by atoms with E-state index in [9.17, 15) is 4.79 Å². The Morgan fingerprint density at radius 3 is 2.75 bits per heavy atom. The van der Waals surface area contributed by atoms with E-state index < -0.39 is 0 Å². The molecule has 106 valence electrons. The Balaban J connectivity index is 2.01. The third-order valence-electron chi connectivity index (χ3n) is 4.15. The zero-order valence-corrected chi connectivity index (χ0v) is 12.3. The highest BCUT2D eigenvalue weighted by molar-refractivity contribution is 5.81. The summed E-state index contributed by atoms with van der Waals surface area (Å²) in [7, 11) is 0. The largest absolute Gasteiger partial charge is 0.340 e. The van der Waals surface area contributed by atoms with Gasteiger partial charge in [0.25, 0.3) is 0 Å². The number of likely N-dealkylation sites (tertiary alicyclic amines) is 1. The molecule has 1 saturated heterocycles. The highest BCUT2D eigenvalue weighted by Crippen LogP contribution is 2.31. The van der Waals surface area contributed by atoms with E-state index in [-0.39, 0.29) is 17.9 Å². The Labute approximate surface area is 119 Å². The van der Waals surface area contributed by atoms with Crippen molar-refractivity contribution in [2.75, 3.05) is 6.54 Å². The molecule has 1 fully saturated rings. The van der Waals surface area contributed by atoms with Crippen molar-refractivity contribution in [3.63, 3.8) is 0 Å². The normalized spacial score (nSPS) is 19.5. The lowest BCUT2D eigenvalue weighted by molar-refractivity contribution is -0.129. The molecule has 0 radical (unpaired) electrons. The van der Waals surface area contributed by atoms with Crippen molar-refractivity contribution in [3.8, 4) is 0 Å². The number of benzene rings is 1. The van der Waals surface area contributed by atoms with Crippen molar-refractivity contribution in [2.45, 2.75) is 45.7 Å². The van der Waals surface area contributed by atoms with E-state index >= 15 is 0 Å². The van der Waals surface area contributed by atoms with Crippen LogP contribution in [0.4, 0.5) is 0 Å². The summed E-state index contributed by atoms with van der Waals surface area (Å²) < 4.78 is 2.25. The summed E-state index contributed by atoms with van der Waals surface area (Å²) in [5, 5.41) is 0. The van der Waals surface area contributed by atoms with E-state index in [0.717, 1.165) is 24.4 Å². The lowest BCUT2D eigenvalue weighted by Crippen LogP contribution is -2.32. The van der Waals surface area contributed by atoms with E-state index in [4.69, 9.17) is 4.98 Å². The number of carbonyl (C=O) groups is 1. The van der Waals surface area contributed by atoms with Crippen LogP contribution in [-0.2, 0) is 11.3 Å². The van der Waals surface area contributed by atoms with Crippen molar-refractivity contribution in [2.24, 2.45) is 0 Å². The smallest absolute Gasteiger partial charge is 0.223 e. The van der Waals surface area contributed by atoms with Crippen molar-refractivity contribution in [3.05, 3.63) is 30.1 Å². The maximum absolute atomic E-state index is 12.1. The Hall–Kier alpha value is -1.84. The molecule has 1 aliphatic heterocycles. The monoisotopic (exact) mass is 271 g/mol. The number of fused-ring (bicyclic) bond motifs is 1. The topological polar surface area (TPSA) is 38.1 Å². The van der Waals surface area contributed by atoms with Crippen molar-refractivity contribution < 1.29 is 4.79 Å². The molecule has 3 rings (SSSR count). The van der Waals surface area contributed by atoms with E-state index in [1.807, 2.05) is 23.1 Å². The SMILES string of the molecule is CCn1c(C2CC(=O)N(C(C)C)C2)nc2ccccc21. The molecule has 20 heavy (non-hydrogen) atoms. The molecule has 0 saturated carbocycles. The lowest BCUT2D eigenvalue weighted by atomic mass is 10.1. The molecule has 0 bridgehead atoms. The van der Waals surface area contributed by atoms with Crippen LogP contribution in [0.25, 0.3) is 11.0 Å². The first-order valence-electron chi connectivity index (χ1n) is 7.36. The number of hydrogen-bond donors (Lipinski definition) is 0. The molecule has 0 N–H and O–H groups in total. The van der Waals surface area contributed by atoms with Crippen LogP contribution in [0.5, 0.6) is 0 Å². The average Bonchev–Trinajstić information content (AvgIpc) is 2.98. The van der Waals surface area contributed by atoms with Crippen molar-refractivity contribution >= 4 is 16.9 Å². The number of rotatable bonds is 3. The maximum atomic E-state index is 12.1. The number of para-hydroxylation sites is 2. The van der Waals surface area contributed by atoms with Crippen LogP contribution in [-0.4, -0.2) is 32.9 Å². The first-order valence-corrected chi connectivity index (χ1v) is 7.36. The Morgan fingerprint density at radius 1 is 1.35 bits per heavy atom. The van der Waals surface area contributed by atoms with E-state index in [0.29, 0.717) is 6.42 Å². The third kappa shape index (κ3) is 1.99. The molecule has 1 amide bonds. The minimum absolute atomic E-state index is 0.220. The van der Waals surface area contributed by atoms with E-state index in [2.05, 4.69) is 31.4 Å². The molecule has 0 aliphatic carbocycles. The van der Waals surface area contributed by atoms with Gasteiger partial charge in [0, 0.05) is 31.5 Å². The van der Waals surface area contributed by atoms with Crippen LogP contribution in [0.15, 0.2) is 24.3 Å². The van der Waals surface area contributed by atoms with Crippen molar-refractivity contribution in [1.29, 1.82) is 0 Å². The van der Waals surface area contributed by atoms with Gasteiger partial charge in [-0.05, 0) is 32.9 Å². The second kappa shape index (κ2) is 4.93. The summed E-state index contributed by atoms with van der Waals surface area (Å²) in [6.07, 6.45) is 0.585. The van der Waals surface area contributed by atoms with Crippen LogP contribution in [0.2, 0.25) is 0 Å². The predicted molar refractivity (Wildman–Crippen MR) is 79.6 cm³/mol. The summed E-state index contributed by atoms with van der Waals surface area (Å²) in [6, 6.07) is 8.47. The predicted octanol–water partition coefficient (Wildman–Crippen LogP) is 2.78. The van der Waals surface area contributed by atoms with Crippen LogP contribution in [0.3, 0.4) is 0 Å². The molecular weight excluding hydrogens is 250 g/mol. The van der Waals surface area contributed by atoms with Gasteiger partial charge in [0.2, 0.25) is 5.91 Å². The molecule has 1 aliphatic rings. The minimum Gasteiger partial charge on any atom is -0.340 e. The summed E-state index contributed by atoms with van der Waals surface area (Å²) >= 11 is 0. The fourth-order valence-corrected chi connectivity index (χ4v) is 3.14. The second-order valence-electron chi connectivity index (χ2n) is 5.74. The number of amides is 1. The zero-order valence-electron chi connectivity index (χ0n) is 12.3. The van der Waals surface area contributed by atoms with E-state index in [1.165, 1.54) is 5.52 Å². The zero-order chi connectivity index (χ0) is 14.3. The number of hydrogen-bond acceptors (Lipinski definition) is 2. The number of imidazole rings is 1. The molecule has 1 aromatic carbocycles. The fraction of sp³-hybridized carbons (Fsp3) is 0.500. The maximum Gasteiger partial charge on any atom is 0.223 e. The first kappa shape index (κ1) is 13.2. The fourth-order valence-electron chi connectivity index (χ4n) is 3.14. The number of nitrogens with zero attached hydrogens (tertiary/aromatic N) is 3. The van der Waals surface area contributed by atoms with Gasteiger partial charge in [-0.15, -0.1) is 0 Å². The standard InChI is InChI=1S/C16H21N3O/c1-4-18-14-8-6-5-7-13(14)17-16(18)12-9-15(20)19(10-12)11(2)3/h5-8,11-12H,4,9-10H2,1-3H3. The number of aromatic nitrogens is 2. The quantitative estimate of drug-likeness (QED) is 0.861. The second-order valence-corrected chi connectivity index (χ2v) is 5.74. The highest BCUT2D eigenvalue weighted by atomic mass is 16.2. The lowest BCUT2D eigenvalue weighted by Gasteiger charge is -2.21. The van der Waals surface area contributed by atoms with Gasteiger partial charge in [-0.25, -0.2) is 4.98 Å². The van der Waals surface area contributed by atoms with E-state index in [1.54, 1.807) is 0 Å². The highest BCUT2D eigenvalue weighted by Gasteiger charge is 2.34. The summed E-state index contributed by atoms with van der Waals surface area (Å²) in [4.78, 5) is 18.8. The van der Waals surface area contributed by atoms with Gasteiger partial charge < -0.3 is 9.47 Å². The van der Waals surface area contributed by atoms with Gasteiger partial charge in [-0.2, -0.15) is 0 Å². The van der Waals surface area contributed by atoms with Gasteiger partial charge >= 0.3 is 0 Å². The molecule has 1 aromatic heterocycles. The minimum atomic E-state index is 0.220. The summed E-state index contributed by atoms with van der Waals surface area (Å²) in [5.74, 6) is 1.53. The van der Waals surface area contributed by atoms with Gasteiger partial charge in [0.1, 0.15) is 5.82 Å². The molecule has 1 atom stereocenters. The Bertz CT molecular complexity index is 644. The molecule has 4 heteroatoms. The molecule has 1 unspecified atom stereocenters. The third-order valence-corrected chi connectivity index (χ3v) is 4.15. The van der Waals surface area contributed by atoms with Crippen LogP contribution in [0, 0.1) is 0 Å². The number of aryl methyl sites for hydroxylation is 1. The average molecular weight is 271 g/mol. The molecule has 4 nitrogen and oxygen atoms in total. The van der Waals surface area contributed by atoms with Gasteiger partial charge in [-0.1, -0.05) is 12.1 Å². The van der Waals surface area contributed by atoms with Crippen molar-refractivity contribution in [1.82, 2.24) is 14.5 Å². The molecule has 2 aromatic rings. The Morgan fingerprint density at radius 2 is 2.10 bits per heavy atom. The summed E-state index contributed by atoms with van der Waals surface area (Å²) in [5.41, 5.74) is 2.19. The van der Waals surface area contributed by atoms with Gasteiger partial charge in [0.05, 0.1) is 11.0 Å². The molecular formula is C16H21N3O. The van der Waals surface area contributed by atoms with Crippen LogP contribution >= 0.6 is 0 Å². The molecule has 2 heterocycles. The van der Waals surface area contributed by atoms with Crippen LogP contribution < -0.4 is 0 Å². The summed E-state index contributed by atoms with van der Waals surface area (Å²) in [6.45, 7) is 7.96. The first-order chi connectivity index (χ1) is 9.61. The Kier molecular flexibility index (Phi) is 3.24. The van der Waals surface area contributed by atoms with Gasteiger partial charge in [-0.3, -0.25) is 4.79 Å². The molecule has 0 spiro atoms.